The largest absolute Gasteiger partial charge is 0.387 e. The maximum absolute atomic E-state index is 12.5. The van der Waals surface area contributed by atoms with Crippen LogP contribution >= 0.6 is 0 Å². The first-order valence-corrected chi connectivity index (χ1v) is 10.1. The van der Waals surface area contributed by atoms with Gasteiger partial charge in [-0.2, -0.15) is 0 Å². The SMILES string of the molecule is CC1CCCN(Cc2ccc(NC(=O)C3=NOC(c4ccccc4)C3)cc2)C1. The van der Waals surface area contributed by atoms with Crippen molar-refractivity contribution in [1.82, 2.24) is 4.90 Å². The van der Waals surface area contributed by atoms with Gasteiger partial charge < -0.3 is 10.2 Å². The number of benzene rings is 2. The van der Waals surface area contributed by atoms with Gasteiger partial charge in [0.25, 0.3) is 5.91 Å². The molecule has 2 heterocycles. The molecule has 1 fully saturated rings. The molecule has 0 bridgehead atoms. The fourth-order valence-corrected chi connectivity index (χ4v) is 3.94. The molecule has 2 atom stereocenters. The van der Waals surface area contributed by atoms with Crippen molar-refractivity contribution in [2.75, 3.05) is 18.4 Å². The van der Waals surface area contributed by atoms with E-state index in [0.29, 0.717) is 12.1 Å². The molecule has 5 nitrogen and oxygen atoms in total. The average molecular weight is 377 g/mol. The van der Waals surface area contributed by atoms with Crippen molar-refractivity contribution in [2.45, 2.75) is 38.8 Å². The van der Waals surface area contributed by atoms with Crippen LogP contribution in [0.25, 0.3) is 0 Å². The van der Waals surface area contributed by atoms with Crippen molar-refractivity contribution in [3.63, 3.8) is 0 Å². The minimum absolute atomic E-state index is 0.184. The van der Waals surface area contributed by atoms with Gasteiger partial charge in [-0.25, -0.2) is 0 Å². The number of carbonyl (C=O) groups excluding carboxylic acids is 1. The highest BCUT2D eigenvalue weighted by atomic mass is 16.6. The number of amides is 1. The lowest BCUT2D eigenvalue weighted by Gasteiger charge is -2.30. The van der Waals surface area contributed by atoms with Gasteiger partial charge in [0.05, 0.1) is 0 Å². The number of nitrogens with one attached hydrogen (secondary N) is 1. The van der Waals surface area contributed by atoms with Gasteiger partial charge in [0, 0.05) is 25.2 Å². The van der Waals surface area contributed by atoms with E-state index in [0.717, 1.165) is 23.7 Å². The number of hydrogen-bond donors (Lipinski definition) is 1. The number of likely N-dealkylation sites (tertiary alicyclic amines) is 1. The summed E-state index contributed by atoms with van der Waals surface area (Å²) >= 11 is 0. The van der Waals surface area contributed by atoms with Crippen LogP contribution in [-0.2, 0) is 16.2 Å². The molecule has 2 aliphatic rings. The predicted molar refractivity (Wildman–Crippen MR) is 111 cm³/mol. The Morgan fingerprint density at radius 3 is 2.71 bits per heavy atom. The fourth-order valence-electron chi connectivity index (χ4n) is 3.94. The predicted octanol–water partition coefficient (Wildman–Crippen LogP) is 4.37. The topological polar surface area (TPSA) is 53.9 Å². The minimum Gasteiger partial charge on any atom is -0.387 e. The summed E-state index contributed by atoms with van der Waals surface area (Å²) in [6, 6.07) is 18.0. The Morgan fingerprint density at radius 2 is 1.96 bits per heavy atom. The van der Waals surface area contributed by atoms with E-state index in [9.17, 15) is 4.79 Å². The van der Waals surface area contributed by atoms with Crippen molar-refractivity contribution in [3.05, 3.63) is 65.7 Å². The van der Waals surface area contributed by atoms with Gasteiger partial charge in [-0.05, 0) is 48.6 Å². The van der Waals surface area contributed by atoms with Gasteiger partial charge in [-0.3, -0.25) is 9.69 Å². The van der Waals surface area contributed by atoms with Gasteiger partial charge in [0.2, 0.25) is 0 Å². The molecule has 0 spiro atoms. The zero-order valence-corrected chi connectivity index (χ0v) is 16.3. The van der Waals surface area contributed by atoms with Crippen LogP contribution in [0.3, 0.4) is 0 Å². The Labute approximate surface area is 166 Å². The Hall–Kier alpha value is -2.66. The van der Waals surface area contributed by atoms with E-state index in [4.69, 9.17) is 4.84 Å². The Morgan fingerprint density at radius 1 is 1.18 bits per heavy atom. The maximum atomic E-state index is 12.5. The van der Waals surface area contributed by atoms with Crippen LogP contribution in [0.4, 0.5) is 5.69 Å². The first kappa shape index (κ1) is 18.7. The van der Waals surface area contributed by atoms with Crippen LogP contribution in [0.5, 0.6) is 0 Å². The molecule has 4 rings (SSSR count). The highest BCUT2D eigenvalue weighted by molar-refractivity contribution is 6.43. The summed E-state index contributed by atoms with van der Waals surface area (Å²) in [7, 11) is 0. The van der Waals surface area contributed by atoms with Crippen molar-refractivity contribution >= 4 is 17.3 Å². The zero-order chi connectivity index (χ0) is 19.3. The summed E-state index contributed by atoms with van der Waals surface area (Å²) < 4.78 is 0. The standard InChI is InChI=1S/C23H27N3O2/c1-17-6-5-13-26(15-17)16-18-9-11-20(12-10-18)24-23(27)21-14-22(28-25-21)19-7-3-2-4-8-19/h2-4,7-12,17,22H,5-6,13-16H2,1H3,(H,24,27). The van der Waals surface area contributed by atoms with E-state index < -0.39 is 0 Å². The highest BCUT2D eigenvalue weighted by Crippen LogP contribution is 2.27. The number of piperidine rings is 1. The molecule has 2 aromatic rings. The van der Waals surface area contributed by atoms with Gasteiger partial charge in [-0.15, -0.1) is 0 Å². The van der Waals surface area contributed by atoms with E-state index >= 15 is 0 Å². The van der Waals surface area contributed by atoms with Crippen LogP contribution in [0.1, 0.15) is 43.4 Å². The van der Waals surface area contributed by atoms with Gasteiger partial charge in [0.15, 0.2) is 6.10 Å². The number of carbonyl (C=O) groups is 1. The average Bonchev–Trinajstić information content (AvgIpc) is 3.21. The molecule has 1 amide bonds. The third kappa shape index (κ3) is 4.60. The minimum atomic E-state index is -0.198. The van der Waals surface area contributed by atoms with Gasteiger partial charge in [0.1, 0.15) is 5.71 Å². The van der Waals surface area contributed by atoms with Crippen LogP contribution in [0.15, 0.2) is 59.8 Å². The summed E-state index contributed by atoms with van der Waals surface area (Å²) in [5.41, 5.74) is 3.52. The van der Waals surface area contributed by atoms with Crippen LogP contribution in [0, 0.1) is 5.92 Å². The fraction of sp³-hybridized carbons (Fsp3) is 0.391. The Bertz CT molecular complexity index is 833. The molecule has 2 aromatic carbocycles. The number of hydrogen-bond acceptors (Lipinski definition) is 4. The van der Waals surface area contributed by atoms with Crippen LogP contribution in [0.2, 0.25) is 0 Å². The molecule has 28 heavy (non-hydrogen) atoms. The molecule has 5 heteroatoms. The molecular weight excluding hydrogens is 350 g/mol. The molecule has 0 saturated carbocycles. The first-order chi connectivity index (χ1) is 13.7. The van der Waals surface area contributed by atoms with E-state index in [1.807, 2.05) is 42.5 Å². The number of rotatable bonds is 5. The molecule has 1 saturated heterocycles. The highest BCUT2D eigenvalue weighted by Gasteiger charge is 2.27. The second-order valence-corrected chi connectivity index (χ2v) is 7.88. The van der Waals surface area contributed by atoms with Crippen molar-refractivity contribution in [1.29, 1.82) is 0 Å². The number of anilines is 1. The lowest BCUT2D eigenvalue weighted by Crippen LogP contribution is -2.33. The molecular formula is C23H27N3O2. The number of nitrogens with zero attached hydrogens (tertiary/aromatic N) is 2. The van der Waals surface area contributed by atoms with Gasteiger partial charge in [-0.1, -0.05) is 54.5 Å². The second-order valence-electron chi connectivity index (χ2n) is 7.88. The first-order valence-electron chi connectivity index (χ1n) is 10.1. The third-order valence-electron chi connectivity index (χ3n) is 5.46. The smallest absolute Gasteiger partial charge is 0.273 e. The molecule has 0 aromatic heterocycles. The monoisotopic (exact) mass is 377 g/mol. The Kier molecular flexibility index (Phi) is 5.72. The van der Waals surface area contributed by atoms with Crippen LogP contribution < -0.4 is 5.32 Å². The summed E-state index contributed by atoms with van der Waals surface area (Å²) in [6.45, 7) is 5.63. The van der Waals surface area contributed by atoms with E-state index in [-0.39, 0.29) is 12.0 Å². The van der Waals surface area contributed by atoms with E-state index in [2.05, 4.69) is 34.4 Å². The van der Waals surface area contributed by atoms with E-state index in [1.165, 1.54) is 31.5 Å². The number of oxime groups is 1. The van der Waals surface area contributed by atoms with E-state index in [1.54, 1.807) is 0 Å². The normalized spacial score (nSPS) is 22.4. The van der Waals surface area contributed by atoms with Gasteiger partial charge >= 0.3 is 0 Å². The quantitative estimate of drug-likeness (QED) is 0.842. The van der Waals surface area contributed by atoms with Crippen molar-refractivity contribution < 1.29 is 9.63 Å². The molecule has 2 unspecified atom stereocenters. The molecule has 146 valence electrons. The second kappa shape index (κ2) is 8.57. The molecule has 2 aliphatic heterocycles. The summed E-state index contributed by atoms with van der Waals surface area (Å²) in [4.78, 5) is 20.5. The molecule has 0 radical (unpaired) electrons. The lowest BCUT2D eigenvalue weighted by molar-refractivity contribution is -0.110. The third-order valence-corrected chi connectivity index (χ3v) is 5.46. The maximum Gasteiger partial charge on any atom is 0.273 e. The van der Waals surface area contributed by atoms with Crippen molar-refractivity contribution in [3.8, 4) is 0 Å². The summed E-state index contributed by atoms with van der Waals surface area (Å²) in [5, 5.41) is 6.92. The Balaban J connectivity index is 1.30. The summed E-state index contributed by atoms with van der Waals surface area (Å²) in [5.74, 6) is 0.581. The lowest BCUT2D eigenvalue weighted by atomic mass is 10.00. The molecule has 1 N–H and O–H groups in total. The van der Waals surface area contributed by atoms with Crippen molar-refractivity contribution in [2.24, 2.45) is 11.1 Å². The summed E-state index contributed by atoms with van der Waals surface area (Å²) in [6.07, 6.45) is 2.92. The molecule has 0 aliphatic carbocycles. The zero-order valence-electron chi connectivity index (χ0n) is 16.3. The van der Waals surface area contributed by atoms with Crippen LogP contribution in [-0.4, -0.2) is 29.6 Å².